The van der Waals surface area contributed by atoms with Gasteiger partial charge in [0.2, 0.25) is 0 Å². The van der Waals surface area contributed by atoms with Crippen LogP contribution in [0.5, 0.6) is 0 Å². The minimum absolute atomic E-state index is 0.00861. The van der Waals surface area contributed by atoms with Gasteiger partial charge in [-0.3, -0.25) is 9.69 Å². The number of hydrogen-bond acceptors (Lipinski definition) is 6. The fourth-order valence-electron chi connectivity index (χ4n) is 4.22. The largest absolute Gasteiger partial charge is 0.490 e. The molecule has 1 aliphatic heterocycles. The first kappa shape index (κ1) is 29.2. The fourth-order valence-corrected chi connectivity index (χ4v) is 4.22. The number of nitrogens with one attached hydrogen (secondary N) is 1. The Morgan fingerprint density at radius 3 is 2.27 bits per heavy atom. The fraction of sp³-hybridized carbons (Fsp3) is 0.429. The first-order valence-electron chi connectivity index (χ1n) is 13.2. The Morgan fingerprint density at radius 2 is 1.68 bits per heavy atom. The van der Waals surface area contributed by atoms with Gasteiger partial charge in [0.05, 0.1) is 13.2 Å². The van der Waals surface area contributed by atoms with Gasteiger partial charge in [-0.15, -0.1) is 0 Å². The Balaban J connectivity index is 0.000000470. The Hall–Kier alpha value is -3.77. The first-order valence-corrected chi connectivity index (χ1v) is 13.2. The summed E-state index contributed by atoms with van der Waals surface area (Å²) in [4.78, 5) is 33.4. The number of amides is 1. The van der Waals surface area contributed by atoms with Gasteiger partial charge >= 0.3 is 12.1 Å². The number of aliphatic carboxylic acids is 1. The normalized spacial score (nSPS) is 15.7. The molecule has 0 radical (unpaired) electrons. The average Bonchev–Trinajstić information content (AvgIpc) is 3.68. The molecule has 2 fully saturated rings. The molecule has 1 saturated carbocycles. The molecule has 1 aromatic carbocycles. The molecule has 9 nitrogen and oxygen atoms in total. The zero-order valence-corrected chi connectivity index (χ0v) is 21.9. The summed E-state index contributed by atoms with van der Waals surface area (Å²) in [5, 5.41) is 10.2. The van der Waals surface area contributed by atoms with Crippen LogP contribution in [0.2, 0.25) is 0 Å². The number of carbonyl (C=O) groups excluding carboxylic acids is 1. The summed E-state index contributed by atoms with van der Waals surface area (Å²) >= 11 is 0. The lowest BCUT2D eigenvalue weighted by molar-refractivity contribution is -0.192. The van der Waals surface area contributed by atoms with Gasteiger partial charge in [0.1, 0.15) is 5.69 Å². The van der Waals surface area contributed by atoms with Crippen molar-refractivity contribution in [3.8, 4) is 22.5 Å². The van der Waals surface area contributed by atoms with E-state index in [2.05, 4.69) is 30.9 Å². The number of alkyl halides is 3. The molecule has 0 unspecified atom stereocenters. The summed E-state index contributed by atoms with van der Waals surface area (Å²) in [6.45, 7) is 6.12. The molecule has 1 saturated heterocycles. The molecule has 12 heteroatoms. The Labute approximate surface area is 230 Å². The van der Waals surface area contributed by atoms with Gasteiger partial charge in [-0.25, -0.2) is 14.8 Å². The van der Waals surface area contributed by atoms with Gasteiger partial charge in [0.15, 0.2) is 5.82 Å². The molecule has 40 heavy (non-hydrogen) atoms. The van der Waals surface area contributed by atoms with Crippen molar-refractivity contribution in [3.63, 3.8) is 0 Å². The van der Waals surface area contributed by atoms with E-state index in [0.29, 0.717) is 18.3 Å². The molecule has 2 N–H and O–H groups in total. The van der Waals surface area contributed by atoms with E-state index >= 15 is 0 Å². The second-order valence-electron chi connectivity index (χ2n) is 9.74. The topological polar surface area (TPSA) is 110 Å². The molecular formula is C28H32F3N5O4. The van der Waals surface area contributed by atoms with E-state index in [1.54, 1.807) is 0 Å². The van der Waals surface area contributed by atoms with Crippen LogP contribution in [0.25, 0.3) is 22.5 Å². The number of hydrogen-bond donors (Lipinski definition) is 2. The zero-order valence-electron chi connectivity index (χ0n) is 21.9. The lowest BCUT2D eigenvalue weighted by Crippen LogP contribution is -2.38. The highest BCUT2D eigenvalue weighted by atomic mass is 19.4. The van der Waals surface area contributed by atoms with Crippen molar-refractivity contribution < 1.29 is 32.6 Å². The molecule has 1 amide bonds. The van der Waals surface area contributed by atoms with E-state index in [1.165, 1.54) is 12.8 Å². The molecule has 1 aliphatic carbocycles. The third kappa shape index (κ3) is 8.62. The van der Waals surface area contributed by atoms with E-state index in [4.69, 9.17) is 14.6 Å². The summed E-state index contributed by atoms with van der Waals surface area (Å²) in [6.07, 6.45) is 4.09. The monoisotopic (exact) mass is 559 g/mol. The van der Waals surface area contributed by atoms with Crippen molar-refractivity contribution in [1.82, 2.24) is 24.8 Å². The van der Waals surface area contributed by atoms with Crippen molar-refractivity contribution in [2.75, 3.05) is 39.4 Å². The molecule has 214 valence electrons. The maximum Gasteiger partial charge on any atom is 0.490 e. The molecular weight excluding hydrogens is 527 g/mol. The van der Waals surface area contributed by atoms with Crippen molar-refractivity contribution in [3.05, 3.63) is 60.7 Å². The molecule has 3 aromatic rings. The molecule has 0 spiro atoms. The number of carbonyl (C=O) groups is 2. The van der Waals surface area contributed by atoms with Crippen molar-refractivity contribution in [2.45, 2.75) is 32.0 Å². The predicted molar refractivity (Wildman–Crippen MR) is 142 cm³/mol. The van der Waals surface area contributed by atoms with Crippen LogP contribution in [0.15, 0.2) is 55.0 Å². The third-order valence-electron chi connectivity index (χ3n) is 6.58. The van der Waals surface area contributed by atoms with Gasteiger partial charge in [-0.05, 0) is 37.8 Å². The van der Waals surface area contributed by atoms with Crippen LogP contribution in [0.3, 0.4) is 0 Å². The van der Waals surface area contributed by atoms with Crippen LogP contribution in [-0.2, 0) is 16.1 Å². The molecule has 5 rings (SSSR count). The van der Waals surface area contributed by atoms with Crippen molar-refractivity contribution >= 4 is 11.9 Å². The maximum atomic E-state index is 13.0. The standard InChI is InChI=1S/C26H31N5O2.C2HF3O2/c32-26(27-9-4-10-30-11-13-33-14-12-30)24-15-22(19-31(24)18-20-7-8-20)23-16-28-25(29-17-23)21-5-2-1-3-6-21;3-2(4,5)1(6)7/h1-3,5-6,15-17,19-20H,4,7-14,18H2,(H,27,32);(H,6,7). The van der Waals surface area contributed by atoms with Crippen LogP contribution in [0.4, 0.5) is 13.2 Å². The maximum absolute atomic E-state index is 13.0. The van der Waals surface area contributed by atoms with Crippen LogP contribution in [-0.4, -0.2) is 82.0 Å². The van der Waals surface area contributed by atoms with Crippen LogP contribution >= 0.6 is 0 Å². The molecule has 2 aromatic heterocycles. The van der Waals surface area contributed by atoms with E-state index in [9.17, 15) is 18.0 Å². The number of carboxylic acids is 1. The van der Waals surface area contributed by atoms with Gasteiger partial charge in [0, 0.05) is 61.5 Å². The Morgan fingerprint density at radius 1 is 1.02 bits per heavy atom. The van der Waals surface area contributed by atoms with Gasteiger partial charge in [0.25, 0.3) is 5.91 Å². The quantitative estimate of drug-likeness (QED) is 0.380. The summed E-state index contributed by atoms with van der Waals surface area (Å²) in [7, 11) is 0. The number of benzene rings is 1. The second-order valence-corrected chi connectivity index (χ2v) is 9.74. The number of carboxylic acid groups (broad SMARTS) is 1. The Kier molecular flexibility index (Phi) is 9.88. The van der Waals surface area contributed by atoms with Crippen molar-refractivity contribution in [2.24, 2.45) is 5.92 Å². The second kappa shape index (κ2) is 13.5. The lowest BCUT2D eigenvalue weighted by Gasteiger charge is -2.26. The highest BCUT2D eigenvalue weighted by molar-refractivity contribution is 5.94. The van der Waals surface area contributed by atoms with Crippen molar-refractivity contribution in [1.29, 1.82) is 0 Å². The minimum Gasteiger partial charge on any atom is -0.475 e. The van der Waals surface area contributed by atoms with Gasteiger partial charge in [-0.1, -0.05) is 30.3 Å². The summed E-state index contributed by atoms with van der Waals surface area (Å²) in [5.41, 5.74) is 3.61. The molecule has 0 bridgehead atoms. The molecule has 2 aliphatic rings. The summed E-state index contributed by atoms with van der Waals surface area (Å²) in [5.74, 6) is -1.39. The van der Waals surface area contributed by atoms with Gasteiger partial charge in [-0.2, -0.15) is 13.2 Å². The number of nitrogens with zero attached hydrogens (tertiary/aromatic N) is 4. The van der Waals surface area contributed by atoms with E-state index in [1.807, 2.05) is 48.8 Å². The van der Waals surface area contributed by atoms with E-state index in [0.717, 1.165) is 68.2 Å². The van der Waals surface area contributed by atoms with E-state index in [-0.39, 0.29) is 5.91 Å². The zero-order chi connectivity index (χ0) is 28.5. The number of rotatable bonds is 9. The number of halogens is 3. The summed E-state index contributed by atoms with van der Waals surface area (Å²) < 4.78 is 39.2. The SMILES string of the molecule is O=C(NCCCN1CCOCC1)c1cc(-c2cnc(-c3ccccc3)nc2)cn1CC1CC1.O=C(O)C(F)(F)F. The van der Waals surface area contributed by atoms with Crippen LogP contribution in [0.1, 0.15) is 29.8 Å². The number of ether oxygens (including phenoxy) is 1. The Bertz CT molecular complexity index is 1260. The highest BCUT2D eigenvalue weighted by Crippen LogP contribution is 2.32. The minimum atomic E-state index is -5.08. The number of aromatic nitrogens is 3. The predicted octanol–water partition coefficient (Wildman–Crippen LogP) is 4.11. The first-order chi connectivity index (χ1) is 19.2. The summed E-state index contributed by atoms with van der Waals surface area (Å²) in [6, 6.07) is 11.9. The average molecular weight is 560 g/mol. The molecule has 3 heterocycles. The van der Waals surface area contributed by atoms with Gasteiger partial charge < -0.3 is 19.7 Å². The number of morpholine rings is 1. The van der Waals surface area contributed by atoms with Crippen LogP contribution < -0.4 is 5.32 Å². The molecule has 0 atom stereocenters. The smallest absolute Gasteiger partial charge is 0.475 e. The van der Waals surface area contributed by atoms with Crippen LogP contribution in [0, 0.1) is 5.92 Å². The lowest BCUT2D eigenvalue weighted by atomic mass is 10.1. The third-order valence-corrected chi connectivity index (χ3v) is 6.58. The highest BCUT2D eigenvalue weighted by Gasteiger charge is 2.38. The van der Waals surface area contributed by atoms with E-state index < -0.39 is 12.1 Å².